The zero-order valence-corrected chi connectivity index (χ0v) is 12.2. The number of methoxy groups -OCH3 is 1. The number of nitrogens with zero attached hydrogens (tertiary/aromatic N) is 2. The Hall–Kier alpha value is -0.530. The summed E-state index contributed by atoms with van der Waals surface area (Å²) < 4.78 is 10.7. The highest BCUT2D eigenvalue weighted by molar-refractivity contribution is 7.09. The molecule has 0 aromatic carbocycles. The summed E-state index contributed by atoms with van der Waals surface area (Å²) in [5.74, 6) is 0. The average Bonchev–Trinajstić information content (AvgIpc) is 3.06. The van der Waals surface area contributed by atoms with E-state index in [-0.39, 0.29) is 12.7 Å². The van der Waals surface area contributed by atoms with Gasteiger partial charge in [0.1, 0.15) is 11.1 Å². The molecule has 0 radical (unpaired) electrons. The average molecular weight is 286 g/mol. The van der Waals surface area contributed by atoms with Crippen LogP contribution in [0.5, 0.6) is 0 Å². The predicted molar refractivity (Wildman–Crippen MR) is 74.3 cm³/mol. The Morgan fingerprint density at radius 3 is 3.16 bits per heavy atom. The summed E-state index contributed by atoms with van der Waals surface area (Å²) in [5, 5.41) is 12.2. The number of rotatable bonds is 8. The molecule has 1 unspecified atom stereocenters. The van der Waals surface area contributed by atoms with Gasteiger partial charge in [-0.15, -0.1) is 11.3 Å². The fraction of sp³-hybridized carbons (Fsp3) is 0.769. The summed E-state index contributed by atoms with van der Waals surface area (Å²) in [6, 6.07) is 0. The van der Waals surface area contributed by atoms with Gasteiger partial charge in [0.05, 0.1) is 18.9 Å². The molecule has 2 rings (SSSR count). The Kier molecular flexibility index (Phi) is 6.19. The van der Waals surface area contributed by atoms with E-state index in [9.17, 15) is 0 Å². The van der Waals surface area contributed by atoms with Gasteiger partial charge in [0.25, 0.3) is 0 Å². The molecule has 1 aromatic rings. The van der Waals surface area contributed by atoms with Crippen molar-refractivity contribution in [2.45, 2.75) is 25.5 Å². The predicted octanol–water partition coefficient (Wildman–Crippen LogP) is 1.44. The number of aromatic nitrogens is 1. The van der Waals surface area contributed by atoms with E-state index in [0.717, 1.165) is 43.2 Å². The van der Waals surface area contributed by atoms with Crippen LogP contribution in [0.2, 0.25) is 0 Å². The lowest BCUT2D eigenvalue weighted by molar-refractivity contribution is 0.111. The lowest BCUT2D eigenvalue weighted by Crippen LogP contribution is -2.30. The van der Waals surface area contributed by atoms with Crippen molar-refractivity contribution in [3.8, 4) is 0 Å². The normalized spacial score (nSPS) is 19.4. The Balaban J connectivity index is 1.89. The fourth-order valence-electron chi connectivity index (χ4n) is 2.18. The summed E-state index contributed by atoms with van der Waals surface area (Å²) >= 11 is 1.67. The van der Waals surface area contributed by atoms with Crippen molar-refractivity contribution in [2.24, 2.45) is 0 Å². The van der Waals surface area contributed by atoms with E-state index in [1.165, 1.54) is 0 Å². The second-order valence-electron chi connectivity index (χ2n) is 4.67. The van der Waals surface area contributed by atoms with E-state index in [2.05, 4.69) is 15.3 Å². The molecule has 19 heavy (non-hydrogen) atoms. The number of ether oxygens (including phenoxy) is 2. The van der Waals surface area contributed by atoms with E-state index in [0.29, 0.717) is 13.2 Å². The highest BCUT2D eigenvalue weighted by Gasteiger charge is 2.21. The van der Waals surface area contributed by atoms with Crippen molar-refractivity contribution in [1.29, 1.82) is 0 Å². The van der Waals surface area contributed by atoms with E-state index >= 15 is 0 Å². The standard InChI is InChI=1S/C13H22N2O3S/c1-17-8-5-15(4-6-16)9-11-10-19-13(14-11)12-3-2-7-18-12/h10,12,16H,2-9H2,1H3. The first-order valence-electron chi connectivity index (χ1n) is 6.71. The highest BCUT2D eigenvalue weighted by atomic mass is 32.1. The molecule has 1 aliphatic heterocycles. The van der Waals surface area contributed by atoms with Crippen molar-refractivity contribution >= 4 is 11.3 Å². The smallest absolute Gasteiger partial charge is 0.122 e. The lowest BCUT2D eigenvalue weighted by atomic mass is 10.2. The van der Waals surface area contributed by atoms with Gasteiger partial charge in [0.15, 0.2) is 0 Å². The third kappa shape index (κ3) is 4.50. The molecule has 1 N–H and O–H groups in total. The Bertz CT molecular complexity index is 367. The molecule has 6 heteroatoms. The first-order valence-corrected chi connectivity index (χ1v) is 7.59. The third-order valence-electron chi connectivity index (χ3n) is 3.19. The van der Waals surface area contributed by atoms with Crippen molar-refractivity contribution in [2.75, 3.05) is 40.0 Å². The Morgan fingerprint density at radius 2 is 2.47 bits per heavy atom. The Labute approximate surface area is 118 Å². The number of hydrogen-bond donors (Lipinski definition) is 1. The van der Waals surface area contributed by atoms with E-state index in [1.807, 2.05) is 0 Å². The van der Waals surface area contributed by atoms with Crippen LogP contribution in [0.4, 0.5) is 0 Å². The number of thiazole rings is 1. The molecule has 5 nitrogen and oxygen atoms in total. The molecule has 1 aromatic heterocycles. The van der Waals surface area contributed by atoms with Gasteiger partial charge in [-0.05, 0) is 12.8 Å². The summed E-state index contributed by atoms with van der Waals surface area (Å²) in [6.45, 7) is 3.90. The van der Waals surface area contributed by atoms with Crippen molar-refractivity contribution < 1.29 is 14.6 Å². The minimum atomic E-state index is 0.159. The molecule has 108 valence electrons. The summed E-state index contributed by atoms with van der Waals surface area (Å²) in [4.78, 5) is 6.80. The first-order chi connectivity index (χ1) is 9.33. The summed E-state index contributed by atoms with van der Waals surface area (Å²) in [6.07, 6.45) is 2.41. The fourth-order valence-corrected chi connectivity index (χ4v) is 3.07. The second kappa shape index (κ2) is 7.91. The molecule has 1 fully saturated rings. The zero-order valence-electron chi connectivity index (χ0n) is 11.4. The van der Waals surface area contributed by atoms with Crippen LogP contribution >= 0.6 is 11.3 Å². The third-order valence-corrected chi connectivity index (χ3v) is 4.17. The minimum Gasteiger partial charge on any atom is -0.395 e. The van der Waals surface area contributed by atoms with Gasteiger partial charge in [-0.1, -0.05) is 0 Å². The number of aliphatic hydroxyl groups is 1. The molecule has 0 aliphatic carbocycles. The first kappa shape index (κ1) is 14.9. The van der Waals surface area contributed by atoms with Gasteiger partial charge in [-0.25, -0.2) is 4.98 Å². The van der Waals surface area contributed by atoms with Crippen LogP contribution in [0.3, 0.4) is 0 Å². The van der Waals surface area contributed by atoms with E-state index in [4.69, 9.17) is 14.6 Å². The van der Waals surface area contributed by atoms with Crippen LogP contribution < -0.4 is 0 Å². The van der Waals surface area contributed by atoms with Crippen LogP contribution in [0.25, 0.3) is 0 Å². The maximum absolute atomic E-state index is 9.07. The monoisotopic (exact) mass is 286 g/mol. The van der Waals surface area contributed by atoms with Crippen molar-refractivity contribution in [3.63, 3.8) is 0 Å². The lowest BCUT2D eigenvalue weighted by Gasteiger charge is -2.19. The molecule has 1 atom stereocenters. The van der Waals surface area contributed by atoms with Crippen LogP contribution in [0.1, 0.15) is 29.6 Å². The topological polar surface area (TPSA) is 54.8 Å². The molecule has 0 bridgehead atoms. The minimum absolute atomic E-state index is 0.159. The molecule has 1 aliphatic rings. The SMILES string of the molecule is COCCN(CCO)Cc1csc(C2CCCO2)n1. The van der Waals surface area contributed by atoms with Gasteiger partial charge in [0.2, 0.25) is 0 Å². The van der Waals surface area contributed by atoms with Crippen LogP contribution in [0, 0.1) is 0 Å². The van der Waals surface area contributed by atoms with Crippen molar-refractivity contribution in [1.82, 2.24) is 9.88 Å². The van der Waals surface area contributed by atoms with Crippen molar-refractivity contribution in [3.05, 3.63) is 16.1 Å². The number of aliphatic hydroxyl groups excluding tert-OH is 1. The summed E-state index contributed by atoms with van der Waals surface area (Å²) in [5.41, 5.74) is 1.06. The maximum Gasteiger partial charge on any atom is 0.122 e. The van der Waals surface area contributed by atoms with Gasteiger partial charge in [0, 0.05) is 38.7 Å². The molecule has 1 saturated heterocycles. The van der Waals surface area contributed by atoms with Crippen LogP contribution in [-0.4, -0.2) is 55.0 Å². The highest BCUT2D eigenvalue weighted by Crippen LogP contribution is 2.30. The van der Waals surface area contributed by atoms with Gasteiger partial charge < -0.3 is 14.6 Å². The quantitative estimate of drug-likeness (QED) is 0.783. The molecule has 0 amide bonds. The van der Waals surface area contributed by atoms with Gasteiger partial charge in [-0.3, -0.25) is 4.90 Å². The summed E-state index contributed by atoms with van der Waals surface area (Å²) in [7, 11) is 1.69. The maximum atomic E-state index is 9.07. The van der Waals surface area contributed by atoms with Gasteiger partial charge in [-0.2, -0.15) is 0 Å². The van der Waals surface area contributed by atoms with Crippen LogP contribution in [-0.2, 0) is 16.0 Å². The molecule has 0 spiro atoms. The number of hydrogen-bond acceptors (Lipinski definition) is 6. The second-order valence-corrected chi connectivity index (χ2v) is 5.56. The van der Waals surface area contributed by atoms with Crippen LogP contribution in [0.15, 0.2) is 5.38 Å². The zero-order chi connectivity index (χ0) is 13.5. The van der Waals surface area contributed by atoms with E-state index < -0.39 is 0 Å². The Morgan fingerprint density at radius 1 is 1.58 bits per heavy atom. The molecular formula is C13H22N2O3S. The van der Waals surface area contributed by atoms with Gasteiger partial charge >= 0.3 is 0 Å². The largest absolute Gasteiger partial charge is 0.395 e. The molecule has 2 heterocycles. The molecule has 0 saturated carbocycles. The van der Waals surface area contributed by atoms with E-state index in [1.54, 1.807) is 18.4 Å². The molecular weight excluding hydrogens is 264 g/mol.